The molecule has 0 aliphatic carbocycles. The molecular weight excluding hydrogens is 324 g/mol. The lowest BCUT2D eigenvalue weighted by Gasteiger charge is -2.20. The number of benzene rings is 1. The summed E-state index contributed by atoms with van der Waals surface area (Å²) in [6.45, 7) is 1.79. The summed E-state index contributed by atoms with van der Waals surface area (Å²) in [6, 6.07) is 14.7. The second-order valence-corrected chi connectivity index (χ2v) is 5.55. The molecule has 0 aliphatic heterocycles. The van der Waals surface area contributed by atoms with Gasteiger partial charge in [-0.25, -0.2) is 4.98 Å². The van der Waals surface area contributed by atoms with Crippen molar-refractivity contribution in [2.24, 2.45) is 0 Å². The van der Waals surface area contributed by atoms with E-state index in [0.29, 0.717) is 17.1 Å². The minimum Gasteiger partial charge on any atom is -0.329 e. The Morgan fingerprint density at radius 1 is 1.04 bits per heavy atom. The molecule has 0 saturated carbocycles. The quantitative estimate of drug-likeness (QED) is 0.731. The molecule has 0 bridgehead atoms. The molecule has 0 spiro atoms. The Labute approximate surface area is 152 Å². The first kappa shape index (κ1) is 17.2. The van der Waals surface area contributed by atoms with Gasteiger partial charge in [-0.15, -0.1) is 5.92 Å². The molecule has 0 fully saturated rings. The molecule has 2 aromatic heterocycles. The van der Waals surface area contributed by atoms with Crippen LogP contribution >= 0.6 is 0 Å². The summed E-state index contributed by atoms with van der Waals surface area (Å²) >= 11 is 0. The lowest BCUT2D eigenvalue weighted by Crippen LogP contribution is -2.19. The number of nitrogens with zero attached hydrogens (tertiary/aromatic N) is 3. The largest absolute Gasteiger partial charge is 0.329 e. The van der Waals surface area contributed by atoms with E-state index in [1.54, 1.807) is 37.6 Å². The third-order valence-electron chi connectivity index (χ3n) is 3.81. The fourth-order valence-electron chi connectivity index (χ4n) is 2.51. The number of carbonyl (C=O) groups excluding carboxylic acids is 1. The van der Waals surface area contributed by atoms with Crippen molar-refractivity contribution in [3.05, 3.63) is 78.2 Å². The average molecular weight is 342 g/mol. The van der Waals surface area contributed by atoms with Crippen molar-refractivity contribution in [1.29, 1.82) is 0 Å². The van der Waals surface area contributed by atoms with E-state index in [4.69, 9.17) is 0 Å². The number of carbonyl (C=O) groups is 1. The summed E-state index contributed by atoms with van der Waals surface area (Å²) in [4.78, 5) is 23.0. The molecule has 0 unspecified atom stereocenters. The molecule has 3 aromatic rings. The summed E-state index contributed by atoms with van der Waals surface area (Å²) < 4.78 is 0. The molecular formula is C21H18N4O. The van der Waals surface area contributed by atoms with E-state index in [0.717, 1.165) is 11.3 Å². The molecule has 0 atom stereocenters. The van der Waals surface area contributed by atoms with Gasteiger partial charge in [0.15, 0.2) is 0 Å². The first-order valence-electron chi connectivity index (χ1n) is 8.12. The Morgan fingerprint density at radius 2 is 1.77 bits per heavy atom. The monoisotopic (exact) mass is 342 g/mol. The number of hydrogen-bond donors (Lipinski definition) is 1. The lowest BCUT2D eigenvalue weighted by atomic mass is 10.2. The molecule has 5 nitrogen and oxygen atoms in total. The molecule has 0 aliphatic rings. The fourth-order valence-corrected chi connectivity index (χ4v) is 2.51. The Kier molecular flexibility index (Phi) is 5.25. The maximum Gasteiger partial charge on any atom is 0.259 e. The Balaban J connectivity index is 1.84. The van der Waals surface area contributed by atoms with Crippen LogP contribution < -0.4 is 10.2 Å². The smallest absolute Gasteiger partial charge is 0.259 e. The van der Waals surface area contributed by atoms with Crippen LogP contribution in [-0.2, 0) is 0 Å². The Morgan fingerprint density at radius 3 is 2.46 bits per heavy atom. The van der Waals surface area contributed by atoms with E-state index in [1.165, 1.54) is 0 Å². The molecule has 0 radical (unpaired) electrons. The zero-order valence-electron chi connectivity index (χ0n) is 14.6. The van der Waals surface area contributed by atoms with E-state index in [9.17, 15) is 4.79 Å². The third-order valence-corrected chi connectivity index (χ3v) is 3.81. The van der Waals surface area contributed by atoms with Gasteiger partial charge in [-0.05, 0) is 55.5 Å². The highest BCUT2D eigenvalue weighted by Gasteiger charge is 2.16. The summed E-state index contributed by atoms with van der Waals surface area (Å²) in [6.07, 6.45) is 5.08. The van der Waals surface area contributed by atoms with Crippen molar-refractivity contribution in [3.8, 4) is 11.8 Å². The molecule has 128 valence electrons. The number of amides is 1. The third kappa shape index (κ3) is 3.87. The van der Waals surface area contributed by atoms with Crippen LogP contribution in [0.1, 0.15) is 22.8 Å². The van der Waals surface area contributed by atoms with Crippen LogP contribution in [0, 0.1) is 11.8 Å². The second kappa shape index (κ2) is 7.95. The van der Waals surface area contributed by atoms with Gasteiger partial charge in [0.05, 0.1) is 5.56 Å². The van der Waals surface area contributed by atoms with Gasteiger partial charge in [0, 0.05) is 42.6 Å². The van der Waals surface area contributed by atoms with E-state index >= 15 is 0 Å². The van der Waals surface area contributed by atoms with Crippen molar-refractivity contribution < 1.29 is 4.79 Å². The van der Waals surface area contributed by atoms with Gasteiger partial charge in [-0.2, -0.15) is 0 Å². The molecule has 2 heterocycles. The van der Waals surface area contributed by atoms with Crippen LogP contribution in [0.2, 0.25) is 0 Å². The highest BCUT2D eigenvalue weighted by Crippen LogP contribution is 2.25. The van der Waals surface area contributed by atoms with Gasteiger partial charge in [-0.1, -0.05) is 5.92 Å². The van der Waals surface area contributed by atoms with Crippen LogP contribution in [0.15, 0.2) is 67.1 Å². The van der Waals surface area contributed by atoms with E-state index in [-0.39, 0.29) is 5.91 Å². The summed E-state index contributed by atoms with van der Waals surface area (Å²) in [5.74, 6) is 6.18. The lowest BCUT2D eigenvalue weighted by molar-refractivity contribution is 0.102. The zero-order valence-corrected chi connectivity index (χ0v) is 14.6. The van der Waals surface area contributed by atoms with Gasteiger partial charge >= 0.3 is 0 Å². The van der Waals surface area contributed by atoms with Gasteiger partial charge in [0.25, 0.3) is 5.91 Å². The van der Waals surface area contributed by atoms with Crippen molar-refractivity contribution in [2.45, 2.75) is 6.92 Å². The van der Waals surface area contributed by atoms with Crippen LogP contribution in [0.5, 0.6) is 0 Å². The molecule has 1 N–H and O–H groups in total. The van der Waals surface area contributed by atoms with Crippen LogP contribution in [-0.4, -0.2) is 22.9 Å². The molecule has 5 heteroatoms. The Hall–Kier alpha value is -3.65. The van der Waals surface area contributed by atoms with Gasteiger partial charge in [0.2, 0.25) is 0 Å². The molecule has 0 saturated heterocycles. The standard InChI is InChI=1S/C21H18N4O/c1-3-5-16-7-9-17(10-8-16)24-21(26)19-6-4-13-23-20(19)25(2)18-11-14-22-15-12-18/h4,6-15H,1-2H3,(H,24,26). The normalized spacial score (nSPS) is 9.77. The van der Waals surface area contributed by atoms with E-state index in [1.807, 2.05) is 48.3 Å². The molecule has 1 amide bonds. The van der Waals surface area contributed by atoms with Crippen LogP contribution in [0.3, 0.4) is 0 Å². The summed E-state index contributed by atoms with van der Waals surface area (Å²) in [5.41, 5.74) is 3.00. The minimum atomic E-state index is -0.219. The SMILES string of the molecule is CC#Cc1ccc(NC(=O)c2cccnc2N(C)c2ccncc2)cc1. The maximum atomic E-state index is 12.8. The van der Waals surface area contributed by atoms with Crippen molar-refractivity contribution in [2.75, 3.05) is 17.3 Å². The number of anilines is 3. The highest BCUT2D eigenvalue weighted by atomic mass is 16.1. The molecule has 3 rings (SSSR count). The van der Waals surface area contributed by atoms with Gasteiger partial charge in [0.1, 0.15) is 5.82 Å². The fraction of sp³-hybridized carbons (Fsp3) is 0.0952. The van der Waals surface area contributed by atoms with Crippen LogP contribution in [0.25, 0.3) is 0 Å². The van der Waals surface area contributed by atoms with Gasteiger partial charge in [-0.3, -0.25) is 9.78 Å². The number of pyridine rings is 2. The Bertz CT molecular complexity index is 957. The summed E-state index contributed by atoms with van der Waals surface area (Å²) in [7, 11) is 1.87. The van der Waals surface area contributed by atoms with Crippen molar-refractivity contribution in [3.63, 3.8) is 0 Å². The number of rotatable bonds is 4. The predicted octanol–water partition coefficient (Wildman–Crippen LogP) is 3.87. The number of aromatic nitrogens is 2. The van der Waals surface area contributed by atoms with E-state index in [2.05, 4.69) is 27.1 Å². The summed E-state index contributed by atoms with van der Waals surface area (Å²) in [5, 5.41) is 2.91. The predicted molar refractivity (Wildman–Crippen MR) is 103 cm³/mol. The first-order valence-corrected chi connectivity index (χ1v) is 8.12. The number of hydrogen-bond acceptors (Lipinski definition) is 4. The topological polar surface area (TPSA) is 58.1 Å². The highest BCUT2D eigenvalue weighted by molar-refractivity contribution is 6.08. The maximum absolute atomic E-state index is 12.8. The number of nitrogens with one attached hydrogen (secondary N) is 1. The van der Waals surface area contributed by atoms with Gasteiger partial charge < -0.3 is 10.2 Å². The first-order chi connectivity index (χ1) is 12.7. The van der Waals surface area contributed by atoms with Crippen LogP contribution in [0.4, 0.5) is 17.2 Å². The minimum absolute atomic E-state index is 0.219. The molecule has 1 aromatic carbocycles. The molecule has 26 heavy (non-hydrogen) atoms. The van der Waals surface area contributed by atoms with Crippen molar-refractivity contribution >= 4 is 23.1 Å². The van der Waals surface area contributed by atoms with E-state index < -0.39 is 0 Å². The average Bonchev–Trinajstić information content (AvgIpc) is 2.70. The zero-order chi connectivity index (χ0) is 18.4. The van der Waals surface area contributed by atoms with Crippen molar-refractivity contribution in [1.82, 2.24) is 9.97 Å². The second-order valence-electron chi connectivity index (χ2n) is 5.55.